The van der Waals surface area contributed by atoms with Crippen LogP contribution in [0.5, 0.6) is 0 Å². The normalized spacial score (nSPS) is 5.20. The number of hydrogen-bond donors (Lipinski definition) is 9. The van der Waals surface area contributed by atoms with Crippen molar-refractivity contribution in [2.75, 3.05) is 0 Å². The average Bonchev–Trinajstić information content (AvgIpc) is 1.97. The lowest BCUT2D eigenvalue weighted by atomic mass is 11.3. The largest absolute Gasteiger partial charge is 0.753 e. The van der Waals surface area contributed by atoms with Crippen LogP contribution in [0.1, 0.15) is 0 Å². The maximum absolute atomic E-state index is 7.13. The second-order valence-electron chi connectivity index (χ2n) is 1.70. The van der Waals surface area contributed by atoms with Gasteiger partial charge >= 0.3 is 0 Å². The van der Waals surface area contributed by atoms with E-state index in [9.17, 15) is 0 Å². The Morgan fingerprint density at radius 2 is 0.600 bits per heavy atom. The fraction of sp³-hybridized carbons (Fsp3) is 0. The van der Waals surface area contributed by atoms with Crippen molar-refractivity contribution in [2.24, 2.45) is 45.9 Å². The molecule has 0 bridgehead atoms. The van der Waals surface area contributed by atoms with Crippen molar-refractivity contribution in [2.45, 2.75) is 0 Å². The van der Waals surface area contributed by atoms with Crippen LogP contribution in [0.2, 0.25) is 0 Å². The van der Waals surface area contributed by atoms with Gasteiger partial charge in [0.05, 0.1) is 0 Å². The molecule has 0 saturated carbocycles. The minimum atomic E-state index is 0. The van der Waals surface area contributed by atoms with Gasteiger partial charge in [-0.15, -0.1) is 0 Å². The van der Waals surface area contributed by atoms with Gasteiger partial charge in [-0.1, -0.05) is 12.2 Å². The minimum absolute atomic E-state index is 0. The highest BCUT2D eigenvalue weighted by Crippen LogP contribution is 1.33. The van der Waals surface area contributed by atoms with Gasteiger partial charge in [0.2, 0.25) is 0 Å². The Bertz CT molecular complexity index is 234. The first-order chi connectivity index (χ1) is 8.34. The standard InChI is InChI=1S/4CH4N2S.CNS.H3N/c4*2-1(3)4;2-1-3;/h4*(H4,2,3,4);;1H3/q;;;;-1;/p+1. The van der Waals surface area contributed by atoms with Gasteiger partial charge in [0, 0.05) is 0 Å². The molecule has 0 fully saturated rings. The molecule has 0 unspecified atom stereocenters. The smallest absolute Gasteiger partial charge is 0.160 e. The van der Waals surface area contributed by atoms with Crippen LogP contribution >= 0.6 is 61.1 Å². The van der Waals surface area contributed by atoms with Gasteiger partial charge < -0.3 is 57.4 Å². The molecule has 10 nitrogen and oxygen atoms in total. The molecule has 20 N–H and O–H groups in total. The van der Waals surface area contributed by atoms with E-state index in [1.165, 1.54) is 5.16 Å². The summed E-state index contributed by atoms with van der Waals surface area (Å²) in [6.07, 6.45) is 0. The zero-order chi connectivity index (χ0) is 17.0. The number of nitrogens with zero attached hydrogens (tertiary/aromatic N) is 1. The third-order valence-electron chi connectivity index (χ3n) is 0. The first-order valence-electron chi connectivity index (χ1n) is 3.55. The van der Waals surface area contributed by atoms with E-state index in [2.05, 4.69) is 107 Å². The van der Waals surface area contributed by atoms with E-state index in [-0.39, 0.29) is 26.6 Å². The summed E-state index contributed by atoms with van der Waals surface area (Å²) in [6.45, 7) is 0. The molecule has 0 amide bonds. The summed E-state index contributed by atoms with van der Waals surface area (Å²) in [5, 5.41) is 8.47. The zero-order valence-electron chi connectivity index (χ0n) is 10.6. The summed E-state index contributed by atoms with van der Waals surface area (Å²) >= 11 is 20.1. The van der Waals surface area contributed by atoms with Crippen molar-refractivity contribution in [3.63, 3.8) is 0 Å². The SMILES string of the molecule is NC(N)=S.NC(N)=S.NC(N)=S.NC(N)=S.[N-]=C=S.[NH4+]. The third-order valence-corrected chi connectivity index (χ3v) is 0. The number of isothiocyanates is 1. The summed E-state index contributed by atoms with van der Waals surface area (Å²) in [4.78, 5) is 0. The molecule has 0 aliphatic heterocycles. The van der Waals surface area contributed by atoms with Crippen LogP contribution in [0.25, 0.3) is 5.41 Å². The first kappa shape index (κ1) is 36.3. The molecule has 0 aromatic carbocycles. The number of hydrogen-bond acceptors (Lipinski definition) is 5. The van der Waals surface area contributed by atoms with E-state index in [1.54, 1.807) is 0 Å². The highest BCUT2D eigenvalue weighted by molar-refractivity contribution is 7.80. The molecule has 0 radical (unpaired) electrons. The summed E-state index contributed by atoms with van der Waals surface area (Å²) in [5.41, 5.74) is 37.0. The Morgan fingerprint density at radius 3 is 0.600 bits per heavy atom. The Kier molecular flexibility index (Phi) is 65.3. The summed E-state index contributed by atoms with van der Waals surface area (Å²) in [6, 6.07) is 0. The number of thiocarbonyl (C=S) groups is 5. The molecule has 0 heterocycles. The van der Waals surface area contributed by atoms with Gasteiger partial charge in [0.1, 0.15) is 0 Å². The molecule has 0 rings (SSSR count). The lowest BCUT2D eigenvalue weighted by molar-refractivity contribution is 1.65. The molecule has 0 atom stereocenters. The van der Waals surface area contributed by atoms with Crippen molar-refractivity contribution in [3.05, 3.63) is 5.41 Å². The Labute approximate surface area is 144 Å². The van der Waals surface area contributed by atoms with Crippen LogP contribution in [0.4, 0.5) is 0 Å². The second-order valence-corrected chi connectivity index (χ2v) is 3.77. The molecule has 15 heteroatoms. The molecule has 0 aromatic heterocycles. The summed E-state index contributed by atoms with van der Waals surface area (Å²) in [7, 11) is 0. The van der Waals surface area contributed by atoms with Crippen LogP contribution in [0, 0.1) is 0 Å². The van der Waals surface area contributed by atoms with Gasteiger partial charge in [-0.3, -0.25) is 0 Å². The molecular weight excluding hydrogens is 360 g/mol. The van der Waals surface area contributed by atoms with E-state index >= 15 is 0 Å². The van der Waals surface area contributed by atoms with E-state index in [0.29, 0.717) is 0 Å². The van der Waals surface area contributed by atoms with Crippen LogP contribution in [0.15, 0.2) is 0 Å². The quantitative estimate of drug-likeness (QED) is 0.159. The lowest BCUT2D eigenvalue weighted by Crippen LogP contribution is -2.18. The van der Waals surface area contributed by atoms with Crippen molar-refractivity contribution in [1.29, 1.82) is 0 Å². The predicted molar refractivity (Wildman–Crippen MR) is 106 cm³/mol. The first-order valence-corrected chi connectivity index (χ1v) is 5.59. The third kappa shape index (κ3) is 1820. The number of rotatable bonds is 0. The van der Waals surface area contributed by atoms with Crippen molar-refractivity contribution in [3.8, 4) is 0 Å². The van der Waals surface area contributed by atoms with E-state index < -0.39 is 0 Å². The van der Waals surface area contributed by atoms with Gasteiger partial charge in [-0.25, -0.2) is 0 Å². The minimum Gasteiger partial charge on any atom is -0.753 e. The highest BCUT2D eigenvalue weighted by Gasteiger charge is 1.54. The van der Waals surface area contributed by atoms with Crippen molar-refractivity contribution >= 4 is 86.7 Å². The molecule has 0 aliphatic rings. The second kappa shape index (κ2) is 36.0. The number of quaternary nitrogens is 1. The van der Waals surface area contributed by atoms with E-state index in [0.717, 1.165) is 0 Å². The molecule has 20 heavy (non-hydrogen) atoms. The molecule has 0 spiro atoms. The van der Waals surface area contributed by atoms with Gasteiger partial charge in [0.15, 0.2) is 20.4 Å². The maximum atomic E-state index is 7.13. The zero-order valence-corrected chi connectivity index (χ0v) is 14.7. The van der Waals surface area contributed by atoms with Crippen LogP contribution in [-0.2, 0) is 0 Å². The average molecular weight is 381 g/mol. The van der Waals surface area contributed by atoms with Gasteiger partial charge in [-0.05, 0) is 48.9 Å². The topological polar surface area (TPSA) is 267 Å². The van der Waals surface area contributed by atoms with E-state index in [1.807, 2.05) is 0 Å². The predicted octanol–water partition coefficient (Wildman–Crippen LogP) is -2.21. The van der Waals surface area contributed by atoms with Crippen molar-refractivity contribution < 1.29 is 0 Å². The van der Waals surface area contributed by atoms with Crippen LogP contribution in [-0.4, -0.2) is 25.6 Å². The molecule has 0 aliphatic carbocycles. The molecule has 0 aromatic rings. The van der Waals surface area contributed by atoms with Crippen LogP contribution in [0.3, 0.4) is 0 Å². The van der Waals surface area contributed by atoms with Crippen molar-refractivity contribution in [1.82, 2.24) is 6.15 Å². The fourth-order valence-corrected chi connectivity index (χ4v) is 0. The lowest BCUT2D eigenvalue weighted by Gasteiger charge is -1.68. The Hall–Kier alpha value is -1.48. The Morgan fingerprint density at radius 1 is 0.600 bits per heavy atom. The van der Waals surface area contributed by atoms with Crippen LogP contribution < -0.4 is 52.0 Å². The monoisotopic (exact) mass is 380 g/mol. The fourth-order valence-electron chi connectivity index (χ4n) is 0. The highest BCUT2D eigenvalue weighted by atomic mass is 32.1. The van der Waals surface area contributed by atoms with Gasteiger partial charge in [0.25, 0.3) is 0 Å². The number of nitrogens with two attached hydrogens (primary N) is 8. The maximum Gasteiger partial charge on any atom is 0.160 e. The summed E-state index contributed by atoms with van der Waals surface area (Å²) < 4.78 is 0. The molecule has 0 saturated heterocycles. The van der Waals surface area contributed by atoms with Gasteiger partial charge in [-0.2, -0.15) is 5.16 Å². The molecular formula is C5H20N10S5. The Balaban J connectivity index is -0.0000000304. The van der Waals surface area contributed by atoms with E-state index in [4.69, 9.17) is 5.41 Å². The summed E-state index contributed by atoms with van der Waals surface area (Å²) in [5.74, 6) is 0. The molecule has 120 valence electrons.